The van der Waals surface area contributed by atoms with Gasteiger partial charge in [-0.15, -0.1) is 0 Å². The molecule has 0 N–H and O–H groups in total. The van der Waals surface area contributed by atoms with E-state index >= 15 is 0 Å². The second kappa shape index (κ2) is 30.5. The third-order valence-electron chi connectivity index (χ3n) is 33.4. The van der Waals surface area contributed by atoms with Crippen LogP contribution in [0.4, 0.5) is 0 Å². The molecule has 0 spiro atoms. The van der Waals surface area contributed by atoms with Gasteiger partial charge in [0.05, 0.1) is 0 Å². The number of carbonyl (C=O) groups is 4. The number of esters is 4. The van der Waals surface area contributed by atoms with Gasteiger partial charge in [0, 0.05) is 25.7 Å². The topological polar surface area (TPSA) is 105 Å². The zero-order chi connectivity index (χ0) is 65.8. The van der Waals surface area contributed by atoms with Crippen molar-refractivity contribution in [2.24, 2.45) is 166 Å². The second-order valence-electron chi connectivity index (χ2n) is 38.3. The van der Waals surface area contributed by atoms with E-state index in [1.54, 1.807) is 51.4 Å². The Bertz CT molecular complexity index is 2880. The van der Waals surface area contributed by atoms with Crippen molar-refractivity contribution < 1.29 is 38.1 Å². The van der Waals surface area contributed by atoms with Crippen molar-refractivity contribution in [3.63, 3.8) is 0 Å². The molecule has 98 heavy (non-hydrogen) atoms. The number of rotatable bonds is 30. The highest BCUT2D eigenvalue weighted by Crippen LogP contribution is 2.71. The molecule has 0 aromatic rings. The van der Waals surface area contributed by atoms with Crippen molar-refractivity contribution in [1.82, 2.24) is 0 Å². The Hall–Kier alpha value is -3.16. The summed E-state index contributed by atoms with van der Waals surface area (Å²) in [6.45, 7) is 0. The summed E-state index contributed by atoms with van der Waals surface area (Å²) in [7, 11) is 0. The van der Waals surface area contributed by atoms with Crippen molar-refractivity contribution in [3.05, 3.63) is 48.6 Å². The summed E-state index contributed by atoms with van der Waals surface area (Å²) in [6, 6.07) is 0. The standard InChI is InChI=1S/C24H36O2.C23H34O2.C22H32O2.C21H30O2/c25-22-12-11-20(26-22)8-6-4-2-1-3-5-7-16-13-19-15-21(16)24-18-10-9-17(14-18)23(19)24;24-21-11-10-19(25-21)7-5-3-1-2-4-6-15-12-18-14-20(15)23-17-9-8-16(13-17)22(18)23;23-20-10-9-18(24-20)6-4-2-1-3-5-14-11-17-13-19(14)22-16-8-7-15(12-16)21(17)22;22-19-9-8-17(23-19)5-3-1-2-4-13-10-16-12-18(13)21-15-7-6-14(11-15)20(16)21/h9-10,16-21,23-24H,1-8,11-15H2;8-9,15-20,22-23H,1-7,10-14H2;7-8,14-19,21-22H,1-6,9-13H2;6-7,13-18,20-21H,1-5,8-12H2. The molecule has 540 valence electrons. The van der Waals surface area contributed by atoms with Gasteiger partial charge < -0.3 is 18.9 Å². The molecule has 8 heteroatoms. The van der Waals surface area contributed by atoms with Gasteiger partial charge in [0.15, 0.2) is 0 Å². The van der Waals surface area contributed by atoms with E-state index in [0.717, 1.165) is 217 Å². The van der Waals surface area contributed by atoms with Crippen LogP contribution >= 0.6 is 0 Å². The predicted octanol–water partition coefficient (Wildman–Crippen LogP) is 21.3. The van der Waals surface area contributed by atoms with Crippen LogP contribution in [-0.2, 0) is 38.1 Å². The first-order valence-corrected chi connectivity index (χ1v) is 43.7. The lowest BCUT2D eigenvalue weighted by Crippen LogP contribution is -2.30. The lowest BCUT2D eigenvalue weighted by Gasteiger charge is -2.36. The SMILES string of the molecule is O=C1CCC(CCCCCC2CC3CC2C2C4C=CC(C4)C32)O1.O=C1CCC(CCCCCCC2CC3CC2C2C4C=CC(C4)C32)O1.O=C1CCC(CCCCCCCC2CC3CC2C2C4C=CC(C4)C32)O1.O=C1CCC(CCCCCCCCC2CC3CC2C2C4C=CC(C4)C32)O1. The number of carbonyl (C=O) groups excluding carboxylic acids is 4. The van der Waals surface area contributed by atoms with Crippen LogP contribution in [-0.4, -0.2) is 48.3 Å². The van der Waals surface area contributed by atoms with Gasteiger partial charge in [0.1, 0.15) is 24.4 Å². The van der Waals surface area contributed by atoms with Gasteiger partial charge in [-0.2, -0.15) is 0 Å². The van der Waals surface area contributed by atoms with Gasteiger partial charge in [-0.1, -0.05) is 164 Å². The summed E-state index contributed by atoms with van der Waals surface area (Å²) >= 11 is 0. The number of hydrogen-bond donors (Lipinski definition) is 0. The molecule has 32 unspecified atom stereocenters. The van der Waals surface area contributed by atoms with Crippen molar-refractivity contribution in [3.8, 4) is 0 Å². The van der Waals surface area contributed by atoms with E-state index < -0.39 is 0 Å². The summed E-state index contributed by atoms with van der Waals surface area (Å²) in [5.74, 6) is 29.5. The van der Waals surface area contributed by atoms with Crippen LogP contribution in [0.5, 0.6) is 0 Å². The third-order valence-corrected chi connectivity index (χ3v) is 33.4. The molecule has 12 saturated carbocycles. The average Bonchev–Trinajstić information content (AvgIpc) is 1.58. The summed E-state index contributed by atoms with van der Waals surface area (Å²) in [4.78, 5) is 44.4. The minimum absolute atomic E-state index is 0.0170. The Balaban J connectivity index is 0.0000000983. The highest BCUT2D eigenvalue weighted by atomic mass is 16.6. The molecular formula is C90H132O8. The van der Waals surface area contributed by atoms with Crippen LogP contribution in [0.3, 0.4) is 0 Å². The fraction of sp³-hybridized carbons (Fsp3) is 0.867. The van der Waals surface area contributed by atoms with Gasteiger partial charge in [-0.3, -0.25) is 19.2 Å². The van der Waals surface area contributed by atoms with Crippen molar-refractivity contribution in [2.75, 3.05) is 0 Å². The van der Waals surface area contributed by atoms with Crippen LogP contribution in [0.15, 0.2) is 48.6 Å². The molecule has 16 fully saturated rings. The maximum Gasteiger partial charge on any atom is 0.306 e. The van der Waals surface area contributed by atoms with E-state index in [4.69, 9.17) is 18.9 Å². The number of allylic oxidation sites excluding steroid dienone is 8. The number of fused-ring (bicyclic) bond motifs is 36. The Labute approximate surface area is 592 Å². The normalized spacial score (nSPS) is 46.9. The maximum atomic E-state index is 11.1. The first-order valence-electron chi connectivity index (χ1n) is 43.7. The lowest BCUT2D eigenvalue weighted by atomic mass is 9.68. The smallest absolute Gasteiger partial charge is 0.306 e. The Morgan fingerprint density at radius 2 is 0.418 bits per heavy atom. The quantitative estimate of drug-likeness (QED) is 0.0230. The molecule has 0 amide bonds. The third kappa shape index (κ3) is 14.2. The Morgan fingerprint density at radius 3 is 0.633 bits per heavy atom. The average molecular weight is 1340 g/mol. The number of unbranched alkanes of at least 4 members (excludes halogenated alkanes) is 14. The van der Waals surface area contributed by atoms with E-state index in [1.807, 2.05) is 0 Å². The highest BCUT2D eigenvalue weighted by Gasteiger charge is 2.64. The number of ether oxygens (including phenoxy) is 4. The molecular weight excluding hydrogens is 1210 g/mol. The predicted molar refractivity (Wildman–Crippen MR) is 386 cm³/mol. The van der Waals surface area contributed by atoms with Gasteiger partial charge in [-0.05, 0) is 320 Å². The molecule has 20 rings (SSSR count). The zero-order valence-electron chi connectivity index (χ0n) is 60.9. The van der Waals surface area contributed by atoms with E-state index in [-0.39, 0.29) is 48.3 Å². The van der Waals surface area contributed by atoms with Crippen LogP contribution < -0.4 is 0 Å². The van der Waals surface area contributed by atoms with E-state index in [0.29, 0.717) is 25.7 Å². The molecule has 20 aliphatic rings. The van der Waals surface area contributed by atoms with Gasteiger partial charge >= 0.3 is 23.9 Å². The number of cyclic esters (lactones) is 4. The van der Waals surface area contributed by atoms with Crippen molar-refractivity contribution in [1.29, 1.82) is 0 Å². The Kier molecular flexibility index (Phi) is 21.2. The van der Waals surface area contributed by atoms with Crippen LogP contribution in [0.25, 0.3) is 0 Å². The summed E-state index contributed by atoms with van der Waals surface area (Å²) in [6.07, 6.45) is 81.3. The van der Waals surface area contributed by atoms with Gasteiger partial charge in [-0.25, -0.2) is 0 Å². The lowest BCUT2D eigenvalue weighted by molar-refractivity contribution is -0.142. The molecule has 4 heterocycles. The zero-order valence-corrected chi connectivity index (χ0v) is 60.9. The monoisotopic (exact) mass is 1340 g/mol. The summed E-state index contributed by atoms with van der Waals surface area (Å²) in [5.41, 5.74) is 0. The maximum absolute atomic E-state index is 11.1. The molecule has 0 aromatic carbocycles. The van der Waals surface area contributed by atoms with Crippen LogP contribution in [0, 0.1) is 166 Å². The molecule has 0 radical (unpaired) electrons. The van der Waals surface area contributed by atoms with Crippen LogP contribution in [0.1, 0.15) is 295 Å². The number of hydrogen-bond acceptors (Lipinski definition) is 8. The van der Waals surface area contributed by atoms with E-state index in [9.17, 15) is 19.2 Å². The van der Waals surface area contributed by atoms with Gasteiger partial charge in [0.25, 0.3) is 0 Å². The summed E-state index contributed by atoms with van der Waals surface area (Å²) < 4.78 is 21.2. The molecule has 0 aromatic heterocycles. The fourth-order valence-corrected chi connectivity index (χ4v) is 30.0. The first-order chi connectivity index (χ1) is 48.2. The highest BCUT2D eigenvalue weighted by molar-refractivity contribution is 5.72. The van der Waals surface area contributed by atoms with E-state index in [1.165, 1.54) is 167 Å². The second-order valence-corrected chi connectivity index (χ2v) is 38.3. The molecule has 32 atom stereocenters. The minimum Gasteiger partial charge on any atom is -0.462 e. The molecule has 16 bridgehead atoms. The fourth-order valence-electron chi connectivity index (χ4n) is 30.0. The van der Waals surface area contributed by atoms with Crippen molar-refractivity contribution >= 4 is 23.9 Å². The van der Waals surface area contributed by atoms with Crippen LogP contribution in [0.2, 0.25) is 0 Å². The van der Waals surface area contributed by atoms with E-state index in [2.05, 4.69) is 48.6 Å². The molecule has 4 aliphatic heterocycles. The summed E-state index contributed by atoms with van der Waals surface area (Å²) in [5, 5.41) is 0. The minimum atomic E-state index is 0.0170. The molecule has 4 saturated heterocycles. The Morgan fingerprint density at radius 1 is 0.224 bits per heavy atom. The molecule has 8 nitrogen and oxygen atoms in total. The van der Waals surface area contributed by atoms with Gasteiger partial charge in [0.2, 0.25) is 0 Å². The largest absolute Gasteiger partial charge is 0.462 e. The van der Waals surface area contributed by atoms with Crippen molar-refractivity contribution in [2.45, 2.75) is 320 Å². The molecule has 16 aliphatic carbocycles. The first kappa shape index (κ1) is 68.0.